The maximum absolute atomic E-state index is 12.3. The summed E-state index contributed by atoms with van der Waals surface area (Å²) in [7, 11) is 0. The molecule has 0 bridgehead atoms. The Bertz CT molecular complexity index is 796. The second kappa shape index (κ2) is 7.00. The van der Waals surface area contributed by atoms with Crippen LogP contribution in [0.5, 0.6) is 0 Å². The Morgan fingerprint density at radius 1 is 1.00 bits per heavy atom. The van der Waals surface area contributed by atoms with Crippen molar-refractivity contribution in [1.82, 2.24) is 14.9 Å². The van der Waals surface area contributed by atoms with Gasteiger partial charge in [0.05, 0.1) is 17.2 Å². The Balaban J connectivity index is 1.54. The van der Waals surface area contributed by atoms with Gasteiger partial charge in [-0.1, -0.05) is 42.5 Å². The number of nitrogens with one attached hydrogen (secondary N) is 1. The lowest BCUT2D eigenvalue weighted by molar-refractivity contribution is 0.568. The van der Waals surface area contributed by atoms with Crippen LogP contribution in [0.15, 0.2) is 65.7 Å². The second-order valence-electron chi connectivity index (χ2n) is 5.28. The van der Waals surface area contributed by atoms with Gasteiger partial charge < -0.3 is 5.32 Å². The maximum Gasteiger partial charge on any atom is 0.261 e. The molecule has 0 aliphatic heterocycles. The summed E-state index contributed by atoms with van der Waals surface area (Å²) < 4.78 is 1.69. The molecule has 112 valence electrons. The zero-order valence-corrected chi connectivity index (χ0v) is 12.4. The predicted octanol–water partition coefficient (Wildman–Crippen LogP) is 2.58. The molecule has 0 aliphatic carbocycles. The summed E-state index contributed by atoms with van der Waals surface area (Å²) in [4.78, 5) is 16.6. The van der Waals surface area contributed by atoms with E-state index >= 15 is 0 Å². The van der Waals surface area contributed by atoms with Crippen molar-refractivity contribution in [3.05, 3.63) is 76.8 Å². The van der Waals surface area contributed by atoms with E-state index in [9.17, 15) is 4.79 Å². The van der Waals surface area contributed by atoms with E-state index in [2.05, 4.69) is 22.4 Å². The highest BCUT2D eigenvalue weighted by Gasteiger charge is 2.02. The molecule has 0 spiro atoms. The van der Waals surface area contributed by atoms with Crippen LogP contribution in [0.2, 0.25) is 0 Å². The molecule has 1 N–H and O–H groups in total. The fraction of sp³-hybridized carbons (Fsp3) is 0.222. The van der Waals surface area contributed by atoms with Crippen molar-refractivity contribution in [2.24, 2.45) is 0 Å². The summed E-state index contributed by atoms with van der Waals surface area (Å²) in [5.74, 6) is 0. The van der Waals surface area contributed by atoms with Crippen molar-refractivity contribution >= 4 is 10.9 Å². The third-order valence-corrected chi connectivity index (χ3v) is 3.66. The van der Waals surface area contributed by atoms with E-state index in [0.29, 0.717) is 11.9 Å². The van der Waals surface area contributed by atoms with E-state index in [-0.39, 0.29) is 5.56 Å². The number of para-hydroxylation sites is 1. The fourth-order valence-electron chi connectivity index (χ4n) is 2.47. The zero-order valence-electron chi connectivity index (χ0n) is 12.4. The first-order valence-electron chi connectivity index (χ1n) is 7.53. The van der Waals surface area contributed by atoms with E-state index < -0.39 is 0 Å². The van der Waals surface area contributed by atoms with E-state index in [1.165, 1.54) is 5.56 Å². The molecule has 0 fully saturated rings. The average Bonchev–Trinajstić information content (AvgIpc) is 2.58. The van der Waals surface area contributed by atoms with E-state index in [4.69, 9.17) is 0 Å². The molecular formula is C18H19N3O. The molecule has 0 amide bonds. The molecule has 3 aromatic rings. The quantitative estimate of drug-likeness (QED) is 0.711. The largest absolute Gasteiger partial charge is 0.313 e. The molecule has 1 heterocycles. The lowest BCUT2D eigenvalue weighted by Gasteiger charge is -2.08. The lowest BCUT2D eigenvalue weighted by atomic mass is 10.2. The van der Waals surface area contributed by atoms with Crippen LogP contribution in [0.25, 0.3) is 10.9 Å². The molecule has 0 radical (unpaired) electrons. The van der Waals surface area contributed by atoms with Gasteiger partial charge in [0.2, 0.25) is 0 Å². The van der Waals surface area contributed by atoms with Crippen LogP contribution < -0.4 is 10.9 Å². The first-order chi connectivity index (χ1) is 10.8. The van der Waals surface area contributed by atoms with Gasteiger partial charge in [-0.25, -0.2) is 4.98 Å². The molecule has 2 aromatic carbocycles. The minimum atomic E-state index is 0.0358. The summed E-state index contributed by atoms with van der Waals surface area (Å²) in [5.41, 5.74) is 2.06. The molecule has 0 atom stereocenters. The third-order valence-electron chi connectivity index (χ3n) is 3.66. The minimum Gasteiger partial charge on any atom is -0.313 e. The summed E-state index contributed by atoms with van der Waals surface area (Å²) >= 11 is 0. The number of nitrogens with zero attached hydrogens (tertiary/aromatic N) is 2. The summed E-state index contributed by atoms with van der Waals surface area (Å²) in [6.45, 7) is 2.40. The highest BCUT2D eigenvalue weighted by molar-refractivity contribution is 5.76. The van der Waals surface area contributed by atoms with Crippen LogP contribution in [0.1, 0.15) is 12.0 Å². The molecule has 4 nitrogen and oxygen atoms in total. The Labute approximate surface area is 129 Å². The van der Waals surface area contributed by atoms with Crippen molar-refractivity contribution in [2.75, 3.05) is 6.54 Å². The monoisotopic (exact) mass is 293 g/mol. The summed E-state index contributed by atoms with van der Waals surface area (Å²) in [6.07, 6.45) is 2.54. The Kier molecular flexibility index (Phi) is 4.61. The average molecular weight is 293 g/mol. The number of hydrogen-bond donors (Lipinski definition) is 1. The molecule has 0 aliphatic rings. The number of aromatic nitrogens is 2. The first kappa shape index (κ1) is 14.5. The van der Waals surface area contributed by atoms with Crippen molar-refractivity contribution in [3.8, 4) is 0 Å². The molecule has 1 aromatic heterocycles. The van der Waals surface area contributed by atoms with E-state index in [0.717, 1.165) is 25.0 Å². The van der Waals surface area contributed by atoms with E-state index in [1.54, 1.807) is 10.9 Å². The summed E-state index contributed by atoms with van der Waals surface area (Å²) in [6, 6.07) is 17.8. The van der Waals surface area contributed by atoms with Gasteiger partial charge in [0, 0.05) is 13.1 Å². The van der Waals surface area contributed by atoms with Crippen LogP contribution in [0.3, 0.4) is 0 Å². The van der Waals surface area contributed by atoms with Crippen molar-refractivity contribution in [1.29, 1.82) is 0 Å². The number of rotatable bonds is 6. The van der Waals surface area contributed by atoms with Gasteiger partial charge in [0.1, 0.15) is 0 Å². The van der Waals surface area contributed by atoms with Crippen LogP contribution >= 0.6 is 0 Å². The van der Waals surface area contributed by atoms with Crippen LogP contribution in [0.4, 0.5) is 0 Å². The van der Waals surface area contributed by atoms with Gasteiger partial charge in [-0.15, -0.1) is 0 Å². The molecule has 0 saturated carbocycles. The predicted molar refractivity (Wildman–Crippen MR) is 88.8 cm³/mol. The van der Waals surface area contributed by atoms with Gasteiger partial charge in [-0.2, -0.15) is 0 Å². The second-order valence-corrected chi connectivity index (χ2v) is 5.28. The van der Waals surface area contributed by atoms with Crippen LogP contribution in [0, 0.1) is 0 Å². The third kappa shape index (κ3) is 3.40. The smallest absolute Gasteiger partial charge is 0.261 e. The van der Waals surface area contributed by atoms with Gasteiger partial charge in [-0.3, -0.25) is 9.36 Å². The van der Waals surface area contributed by atoms with Gasteiger partial charge in [0.25, 0.3) is 5.56 Å². The molecule has 4 heteroatoms. The van der Waals surface area contributed by atoms with Crippen molar-refractivity contribution in [2.45, 2.75) is 19.5 Å². The topological polar surface area (TPSA) is 46.9 Å². The van der Waals surface area contributed by atoms with Gasteiger partial charge in [-0.05, 0) is 30.7 Å². The van der Waals surface area contributed by atoms with E-state index in [1.807, 2.05) is 42.5 Å². The fourth-order valence-corrected chi connectivity index (χ4v) is 2.47. The van der Waals surface area contributed by atoms with Gasteiger partial charge in [0.15, 0.2) is 0 Å². The Morgan fingerprint density at radius 2 is 1.77 bits per heavy atom. The number of aryl methyl sites for hydroxylation is 1. The lowest BCUT2D eigenvalue weighted by Crippen LogP contribution is -2.23. The van der Waals surface area contributed by atoms with Gasteiger partial charge >= 0.3 is 0 Å². The standard InChI is InChI=1S/C18H19N3O/c22-18-16-9-4-5-10-17(16)20-14-21(18)12-6-11-19-13-15-7-2-1-3-8-15/h1-5,7-10,14,19H,6,11-13H2. The zero-order chi connectivity index (χ0) is 15.2. The molecule has 0 unspecified atom stereocenters. The SMILES string of the molecule is O=c1c2ccccc2ncn1CCCNCc1ccccc1. The molecular weight excluding hydrogens is 274 g/mol. The number of benzene rings is 2. The first-order valence-corrected chi connectivity index (χ1v) is 7.53. The highest BCUT2D eigenvalue weighted by atomic mass is 16.1. The molecule has 3 rings (SSSR count). The normalized spacial score (nSPS) is 10.9. The Hall–Kier alpha value is -2.46. The number of fused-ring (bicyclic) bond motifs is 1. The van der Waals surface area contributed by atoms with Crippen molar-refractivity contribution in [3.63, 3.8) is 0 Å². The Morgan fingerprint density at radius 3 is 2.64 bits per heavy atom. The van der Waals surface area contributed by atoms with Crippen molar-refractivity contribution < 1.29 is 0 Å². The van der Waals surface area contributed by atoms with Crippen LogP contribution in [-0.4, -0.2) is 16.1 Å². The minimum absolute atomic E-state index is 0.0358. The molecule has 22 heavy (non-hydrogen) atoms. The highest BCUT2D eigenvalue weighted by Crippen LogP contribution is 2.04. The van der Waals surface area contributed by atoms with Crippen LogP contribution in [-0.2, 0) is 13.1 Å². The molecule has 0 saturated heterocycles. The number of hydrogen-bond acceptors (Lipinski definition) is 3. The maximum atomic E-state index is 12.3. The summed E-state index contributed by atoms with van der Waals surface area (Å²) in [5, 5.41) is 4.08.